The number of ether oxygens (including phenoxy) is 5. The Bertz CT molecular complexity index is 1280. The SMILES string of the molecule is CC/C=C\C/C=C\C/C=C\CCCCCCCC(=O)OCC(COC1OC(C(=O)O)C(O)C(O)C1OC(=O)CCCCCCCCCCCCC)OC(=O)CCCCCCCCCCC. The number of carbonyl (C=O) groups is 4. The highest BCUT2D eigenvalue weighted by Gasteiger charge is 2.50. The molecule has 0 aromatic rings. The van der Waals surface area contributed by atoms with Crippen molar-refractivity contribution < 1.29 is 58.2 Å². The van der Waals surface area contributed by atoms with E-state index in [2.05, 4.69) is 57.2 Å². The van der Waals surface area contributed by atoms with E-state index in [1.54, 1.807) is 0 Å². The van der Waals surface area contributed by atoms with Gasteiger partial charge in [0.2, 0.25) is 0 Å². The second kappa shape index (κ2) is 42.3. The molecule has 376 valence electrons. The van der Waals surface area contributed by atoms with Crippen LogP contribution in [0.1, 0.15) is 226 Å². The minimum absolute atomic E-state index is 0.0631. The number of carboxylic acids is 1. The molecule has 0 aliphatic carbocycles. The summed E-state index contributed by atoms with van der Waals surface area (Å²) >= 11 is 0. The Labute approximate surface area is 393 Å². The van der Waals surface area contributed by atoms with Crippen molar-refractivity contribution in [1.82, 2.24) is 0 Å². The smallest absolute Gasteiger partial charge is 0.335 e. The molecule has 1 rings (SSSR count). The number of carbonyl (C=O) groups excluding carboxylic acids is 3. The fourth-order valence-electron chi connectivity index (χ4n) is 7.73. The predicted octanol–water partition coefficient (Wildman–Crippen LogP) is 12.1. The second-order valence-corrected chi connectivity index (χ2v) is 17.8. The molecule has 1 aliphatic heterocycles. The topological polar surface area (TPSA) is 175 Å². The highest BCUT2D eigenvalue weighted by molar-refractivity contribution is 5.74. The van der Waals surface area contributed by atoms with Crippen LogP contribution in [-0.4, -0.2) is 89.2 Å². The van der Waals surface area contributed by atoms with Crippen molar-refractivity contribution in [3.05, 3.63) is 36.5 Å². The van der Waals surface area contributed by atoms with Gasteiger partial charge in [0.1, 0.15) is 18.8 Å². The molecule has 12 heteroatoms. The molecule has 3 N–H and O–H groups in total. The standard InChI is InChI=1S/C53H92O12/c1-4-7-10-13-16-19-21-22-23-24-26-28-30-33-36-39-45(54)61-42-44(63-46(55)40-37-34-31-27-18-15-12-9-6-3)43-62-53-51(49(58)48(57)50(65-53)52(59)60)64-47(56)41-38-35-32-29-25-20-17-14-11-8-5-2/h7,10,16,19,22-23,44,48-51,53,57-58H,4-6,8-9,11-15,17-18,20-21,24-43H2,1-3H3,(H,59,60)/b10-7-,19-16-,23-22-. The number of rotatable bonds is 43. The molecule has 65 heavy (non-hydrogen) atoms. The van der Waals surface area contributed by atoms with Crippen LogP contribution in [0.25, 0.3) is 0 Å². The summed E-state index contributed by atoms with van der Waals surface area (Å²) in [5.74, 6) is -3.13. The van der Waals surface area contributed by atoms with Gasteiger partial charge in [0.25, 0.3) is 0 Å². The van der Waals surface area contributed by atoms with Gasteiger partial charge in [-0.2, -0.15) is 0 Å². The lowest BCUT2D eigenvalue weighted by atomic mass is 9.98. The first-order chi connectivity index (χ1) is 31.6. The molecule has 1 fully saturated rings. The summed E-state index contributed by atoms with van der Waals surface area (Å²) in [4.78, 5) is 50.7. The van der Waals surface area contributed by atoms with Gasteiger partial charge in [0, 0.05) is 19.3 Å². The van der Waals surface area contributed by atoms with Crippen molar-refractivity contribution in [3.63, 3.8) is 0 Å². The van der Waals surface area contributed by atoms with Crippen LogP contribution in [0.5, 0.6) is 0 Å². The highest BCUT2D eigenvalue weighted by Crippen LogP contribution is 2.26. The number of allylic oxidation sites excluding steroid dienone is 6. The molecule has 1 heterocycles. The summed E-state index contributed by atoms with van der Waals surface area (Å²) in [6.45, 7) is 5.81. The summed E-state index contributed by atoms with van der Waals surface area (Å²) in [5.41, 5.74) is 0. The van der Waals surface area contributed by atoms with E-state index in [9.17, 15) is 34.5 Å². The van der Waals surface area contributed by atoms with Gasteiger partial charge in [-0.3, -0.25) is 14.4 Å². The van der Waals surface area contributed by atoms with E-state index in [-0.39, 0.29) is 25.9 Å². The molecule has 0 radical (unpaired) electrons. The lowest BCUT2D eigenvalue weighted by molar-refractivity contribution is -0.301. The minimum Gasteiger partial charge on any atom is -0.479 e. The average molecular weight is 921 g/mol. The third-order valence-electron chi connectivity index (χ3n) is 11.7. The maximum absolute atomic E-state index is 13.0. The van der Waals surface area contributed by atoms with Crippen LogP contribution in [-0.2, 0) is 42.9 Å². The first kappa shape index (κ1) is 60.0. The van der Waals surface area contributed by atoms with Crippen molar-refractivity contribution in [2.75, 3.05) is 13.2 Å². The number of esters is 3. The van der Waals surface area contributed by atoms with Gasteiger partial charge in [-0.25, -0.2) is 4.79 Å². The van der Waals surface area contributed by atoms with Gasteiger partial charge in [0.05, 0.1) is 6.61 Å². The molecule has 1 aliphatic rings. The van der Waals surface area contributed by atoms with Crippen LogP contribution in [0.3, 0.4) is 0 Å². The number of aliphatic carboxylic acids is 1. The summed E-state index contributed by atoms with van der Waals surface area (Å²) in [7, 11) is 0. The van der Waals surface area contributed by atoms with Crippen LogP contribution < -0.4 is 0 Å². The van der Waals surface area contributed by atoms with E-state index in [0.717, 1.165) is 96.3 Å². The third kappa shape index (κ3) is 33.1. The third-order valence-corrected chi connectivity index (χ3v) is 11.7. The molecule has 6 unspecified atom stereocenters. The Morgan fingerprint density at radius 3 is 1.48 bits per heavy atom. The first-order valence-corrected chi connectivity index (χ1v) is 26.0. The Balaban J connectivity index is 2.72. The average Bonchev–Trinajstić information content (AvgIpc) is 3.29. The van der Waals surface area contributed by atoms with Crippen LogP contribution in [0.15, 0.2) is 36.5 Å². The van der Waals surface area contributed by atoms with Gasteiger partial charge in [-0.05, 0) is 51.4 Å². The fraction of sp³-hybridized carbons (Fsp3) is 0.811. The Morgan fingerprint density at radius 2 is 0.969 bits per heavy atom. The zero-order valence-corrected chi connectivity index (χ0v) is 41.0. The number of carboxylic acid groups (broad SMARTS) is 1. The Hall–Kier alpha value is -3.06. The van der Waals surface area contributed by atoms with E-state index in [1.807, 2.05) is 0 Å². The van der Waals surface area contributed by atoms with Crippen molar-refractivity contribution in [1.29, 1.82) is 0 Å². The van der Waals surface area contributed by atoms with Crippen molar-refractivity contribution in [2.24, 2.45) is 0 Å². The maximum atomic E-state index is 13.0. The van der Waals surface area contributed by atoms with Crippen LogP contribution in [0.4, 0.5) is 0 Å². The number of aliphatic hydroxyl groups excluding tert-OH is 2. The lowest BCUT2D eigenvalue weighted by Crippen LogP contribution is -2.61. The first-order valence-electron chi connectivity index (χ1n) is 26.0. The lowest BCUT2D eigenvalue weighted by Gasteiger charge is -2.40. The van der Waals surface area contributed by atoms with E-state index in [1.165, 1.54) is 70.6 Å². The molecule has 0 aromatic heterocycles. The largest absolute Gasteiger partial charge is 0.479 e. The monoisotopic (exact) mass is 921 g/mol. The van der Waals surface area contributed by atoms with Crippen molar-refractivity contribution in [2.45, 2.75) is 263 Å². The highest BCUT2D eigenvalue weighted by atomic mass is 16.7. The number of aliphatic hydroxyl groups is 2. The predicted molar refractivity (Wildman–Crippen MR) is 257 cm³/mol. The van der Waals surface area contributed by atoms with Crippen LogP contribution >= 0.6 is 0 Å². The van der Waals surface area contributed by atoms with E-state index < -0.39 is 67.3 Å². The molecule has 0 bridgehead atoms. The van der Waals surface area contributed by atoms with Crippen LogP contribution in [0, 0.1) is 0 Å². The van der Waals surface area contributed by atoms with Gasteiger partial charge < -0.3 is 39.0 Å². The fourth-order valence-corrected chi connectivity index (χ4v) is 7.73. The Morgan fingerprint density at radius 1 is 0.523 bits per heavy atom. The van der Waals surface area contributed by atoms with E-state index in [0.29, 0.717) is 19.3 Å². The summed E-state index contributed by atoms with van der Waals surface area (Å²) in [6.07, 6.45) is 34.3. The molecule has 0 spiro atoms. The molecule has 6 atom stereocenters. The van der Waals surface area contributed by atoms with Gasteiger partial charge >= 0.3 is 23.9 Å². The zero-order valence-electron chi connectivity index (χ0n) is 41.0. The zero-order chi connectivity index (χ0) is 47.6. The van der Waals surface area contributed by atoms with Crippen molar-refractivity contribution >= 4 is 23.9 Å². The molecular weight excluding hydrogens is 829 g/mol. The van der Waals surface area contributed by atoms with Gasteiger partial charge in [0.15, 0.2) is 24.6 Å². The summed E-state index contributed by atoms with van der Waals surface area (Å²) in [6, 6.07) is 0. The summed E-state index contributed by atoms with van der Waals surface area (Å²) < 4.78 is 28.2. The molecule has 1 saturated heterocycles. The van der Waals surface area contributed by atoms with E-state index in [4.69, 9.17) is 23.7 Å². The van der Waals surface area contributed by atoms with Gasteiger partial charge in [-0.15, -0.1) is 0 Å². The molecule has 0 aromatic carbocycles. The maximum Gasteiger partial charge on any atom is 0.335 e. The molecule has 0 saturated carbocycles. The quantitative estimate of drug-likeness (QED) is 0.0229. The van der Waals surface area contributed by atoms with Gasteiger partial charge in [-0.1, -0.05) is 192 Å². The summed E-state index contributed by atoms with van der Waals surface area (Å²) in [5, 5.41) is 31.3. The number of unbranched alkanes of at least 4 members (excludes halogenated alkanes) is 23. The number of hydrogen-bond donors (Lipinski definition) is 3. The van der Waals surface area contributed by atoms with E-state index >= 15 is 0 Å². The minimum atomic E-state index is -1.90. The number of hydrogen-bond acceptors (Lipinski definition) is 11. The second-order valence-electron chi connectivity index (χ2n) is 17.8. The molecule has 0 amide bonds. The Kier molecular flexibility index (Phi) is 39.0. The molecule has 12 nitrogen and oxygen atoms in total. The van der Waals surface area contributed by atoms with Crippen LogP contribution in [0.2, 0.25) is 0 Å². The molecular formula is C53H92O12. The van der Waals surface area contributed by atoms with Crippen molar-refractivity contribution in [3.8, 4) is 0 Å². The normalized spacial score (nSPS) is 19.3.